The second-order valence-corrected chi connectivity index (χ2v) is 13.6. The first-order valence-electron chi connectivity index (χ1n) is 14.0. The fraction of sp³-hybridized carbons (Fsp3) is 0.375. The van der Waals surface area contributed by atoms with E-state index in [-0.39, 0.29) is 18.5 Å². The van der Waals surface area contributed by atoms with Gasteiger partial charge in [0, 0.05) is 23.5 Å². The number of rotatable bonds is 11. The van der Waals surface area contributed by atoms with Gasteiger partial charge in [-0.2, -0.15) is 0 Å². The highest BCUT2D eigenvalue weighted by molar-refractivity contribution is 9.10. The molecule has 2 amide bonds. The lowest BCUT2D eigenvalue weighted by atomic mass is 9.94. The summed E-state index contributed by atoms with van der Waals surface area (Å²) in [7, 11) is -3.80. The molecule has 7 nitrogen and oxygen atoms in total. The van der Waals surface area contributed by atoms with Crippen LogP contribution in [0.15, 0.2) is 83.3 Å². The van der Waals surface area contributed by atoms with Crippen molar-refractivity contribution in [1.29, 1.82) is 0 Å². The van der Waals surface area contributed by atoms with Crippen LogP contribution in [0, 0.1) is 6.92 Å². The van der Waals surface area contributed by atoms with Gasteiger partial charge in [-0.25, -0.2) is 8.42 Å². The highest BCUT2D eigenvalue weighted by Gasteiger charge is 2.34. The lowest BCUT2D eigenvalue weighted by molar-refractivity contribution is -0.140. The molecule has 41 heavy (non-hydrogen) atoms. The van der Waals surface area contributed by atoms with Gasteiger partial charge in [0.1, 0.15) is 12.6 Å². The molecule has 1 N–H and O–H groups in total. The van der Waals surface area contributed by atoms with Crippen LogP contribution in [0.5, 0.6) is 0 Å². The molecule has 1 saturated carbocycles. The topological polar surface area (TPSA) is 86.8 Å². The fourth-order valence-corrected chi connectivity index (χ4v) is 6.49. The maximum atomic E-state index is 14.2. The van der Waals surface area contributed by atoms with E-state index in [4.69, 9.17) is 0 Å². The van der Waals surface area contributed by atoms with Crippen molar-refractivity contribution >= 4 is 43.5 Å². The van der Waals surface area contributed by atoms with Crippen LogP contribution in [0.3, 0.4) is 0 Å². The Morgan fingerprint density at radius 3 is 2.17 bits per heavy atom. The zero-order valence-electron chi connectivity index (χ0n) is 23.6. The molecular weight excluding hydrogens is 602 g/mol. The van der Waals surface area contributed by atoms with Gasteiger partial charge in [0.05, 0.1) is 11.9 Å². The molecule has 0 spiro atoms. The smallest absolute Gasteiger partial charge is 0.244 e. The zero-order valence-corrected chi connectivity index (χ0v) is 26.0. The van der Waals surface area contributed by atoms with Crippen molar-refractivity contribution in [2.24, 2.45) is 0 Å². The van der Waals surface area contributed by atoms with E-state index < -0.39 is 28.5 Å². The average Bonchev–Trinajstić information content (AvgIpc) is 2.95. The summed E-state index contributed by atoms with van der Waals surface area (Å²) in [5, 5.41) is 3.22. The summed E-state index contributed by atoms with van der Waals surface area (Å²) in [4.78, 5) is 29.7. The van der Waals surface area contributed by atoms with Crippen LogP contribution < -0.4 is 9.62 Å². The summed E-state index contributed by atoms with van der Waals surface area (Å²) in [6, 6.07) is 23.5. The molecule has 3 aromatic rings. The fourth-order valence-electron chi connectivity index (χ4n) is 5.32. The van der Waals surface area contributed by atoms with Gasteiger partial charge in [-0.1, -0.05) is 95.9 Å². The highest BCUT2D eigenvalue weighted by atomic mass is 79.9. The Bertz CT molecular complexity index is 1420. The summed E-state index contributed by atoms with van der Waals surface area (Å²) in [6.45, 7) is 1.56. The number of amides is 2. The van der Waals surface area contributed by atoms with Gasteiger partial charge in [0.25, 0.3) is 0 Å². The third-order valence-corrected chi connectivity index (χ3v) is 9.21. The standard InChI is InChI=1S/C32H38BrN3O4S/c1-24-11-9-10-16-29(24)36(41(2,39)40)23-31(37)35(22-26-17-19-27(33)20-18-26)30(21-25-12-5-3-6-13-25)32(38)34-28-14-7-4-8-15-28/h3,5-6,9-13,16-20,28,30H,4,7-8,14-15,21-23H2,1-2H3,(H,34,38)/t30-/m1/s1. The van der Waals surface area contributed by atoms with Crippen LogP contribution in [0.4, 0.5) is 5.69 Å². The molecule has 1 atom stereocenters. The lowest BCUT2D eigenvalue weighted by Gasteiger charge is -2.35. The summed E-state index contributed by atoms with van der Waals surface area (Å²) in [6.07, 6.45) is 6.53. The SMILES string of the molecule is Cc1ccccc1N(CC(=O)N(Cc1ccc(Br)cc1)[C@H](Cc1ccccc1)C(=O)NC1CCCCC1)S(C)(=O)=O. The molecule has 1 aliphatic rings. The van der Waals surface area contributed by atoms with Crippen molar-refractivity contribution in [3.63, 3.8) is 0 Å². The Kier molecular flexibility index (Phi) is 10.6. The Morgan fingerprint density at radius 1 is 0.902 bits per heavy atom. The van der Waals surface area contributed by atoms with Crippen molar-refractivity contribution in [2.45, 2.75) is 64.1 Å². The van der Waals surface area contributed by atoms with Crippen molar-refractivity contribution < 1.29 is 18.0 Å². The van der Waals surface area contributed by atoms with Gasteiger partial charge in [0.2, 0.25) is 21.8 Å². The van der Waals surface area contributed by atoms with Gasteiger partial charge < -0.3 is 10.2 Å². The zero-order chi connectivity index (χ0) is 29.4. The van der Waals surface area contributed by atoms with Gasteiger partial charge in [-0.3, -0.25) is 13.9 Å². The van der Waals surface area contributed by atoms with E-state index in [1.807, 2.05) is 73.7 Å². The molecule has 0 saturated heterocycles. The normalized spacial score (nSPS) is 14.7. The maximum Gasteiger partial charge on any atom is 0.244 e. The van der Waals surface area contributed by atoms with Crippen molar-refractivity contribution in [3.05, 3.63) is 100 Å². The quantitative estimate of drug-likeness (QED) is 0.295. The Hall–Kier alpha value is -3.17. The van der Waals surface area contributed by atoms with Gasteiger partial charge >= 0.3 is 0 Å². The molecule has 0 heterocycles. The first kappa shape index (κ1) is 30.8. The predicted octanol–water partition coefficient (Wildman–Crippen LogP) is 5.61. The van der Waals surface area contributed by atoms with Crippen LogP contribution in [0.25, 0.3) is 0 Å². The summed E-state index contributed by atoms with van der Waals surface area (Å²) in [5.74, 6) is -0.658. The van der Waals surface area contributed by atoms with Crippen LogP contribution in [0.2, 0.25) is 0 Å². The minimum absolute atomic E-state index is 0.0682. The molecular formula is C32H38BrN3O4S. The second kappa shape index (κ2) is 14.1. The highest BCUT2D eigenvalue weighted by Crippen LogP contribution is 2.24. The van der Waals surface area contributed by atoms with Gasteiger partial charge in [0.15, 0.2) is 0 Å². The number of sulfonamides is 1. The predicted molar refractivity (Wildman–Crippen MR) is 167 cm³/mol. The van der Waals surface area contributed by atoms with Crippen LogP contribution >= 0.6 is 15.9 Å². The number of aryl methyl sites for hydroxylation is 1. The number of para-hydroxylation sites is 1. The lowest BCUT2D eigenvalue weighted by Crippen LogP contribution is -2.55. The average molecular weight is 641 g/mol. The first-order chi connectivity index (χ1) is 19.6. The van der Waals surface area contributed by atoms with E-state index in [1.165, 1.54) is 0 Å². The molecule has 0 aliphatic heterocycles. The van der Waals surface area contributed by atoms with E-state index in [1.54, 1.807) is 17.0 Å². The van der Waals surface area contributed by atoms with E-state index in [0.29, 0.717) is 12.1 Å². The van der Waals surface area contributed by atoms with Crippen molar-refractivity contribution in [2.75, 3.05) is 17.1 Å². The number of nitrogens with one attached hydrogen (secondary N) is 1. The Labute approximate surface area is 252 Å². The molecule has 1 aliphatic carbocycles. The number of hydrogen-bond donors (Lipinski definition) is 1. The van der Waals surface area contributed by atoms with E-state index >= 15 is 0 Å². The Balaban J connectivity index is 1.72. The third kappa shape index (κ3) is 8.66. The summed E-state index contributed by atoms with van der Waals surface area (Å²) >= 11 is 3.46. The monoisotopic (exact) mass is 639 g/mol. The second-order valence-electron chi connectivity index (χ2n) is 10.8. The molecule has 0 unspecified atom stereocenters. The molecule has 0 radical (unpaired) electrons. The van der Waals surface area contributed by atoms with Gasteiger partial charge in [-0.15, -0.1) is 0 Å². The number of carbonyl (C=O) groups excluding carboxylic acids is 2. The molecule has 218 valence electrons. The van der Waals surface area contributed by atoms with Crippen molar-refractivity contribution in [1.82, 2.24) is 10.2 Å². The maximum absolute atomic E-state index is 14.2. The van der Waals surface area contributed by atoms with E-state index in [9.17, 15) is 18.0 Å². The molecule has 0 aromatic heterocycles. The number of halogens is 1. The number of nitrogens with zero attached hydrogens (tertiary/aromatic N) is 2. The Morgan fingerprint density at radius 2 is 1.54 bits per heavy atom. The molecule has 3 aromatic carbocycles. The first-order valence-corrected chi connectivity index (χ1v) is 16.7. The number of carbonyl (C=O) groups is 2. The number of hydrogen-bond acceptors (Lipinski definition) is 4. The van der Waals surface area contributed by atoms with Crippen molar-refractivity contribution in [3.8, 4) is 0 Å². The molecule has 1 fully saturated rings. The summed E-state index contributed by atoms with van der Waals surface area (Å²) in [5.41, 5.74) is 2.94. The van der Waals surface area contributed by atoms with Crippen LogP contribution in [-0.2, 0) is 32.6 Å². The number of anilines is 1. The molecule has 4 rings (SSSR count). The van der Waals surface area contributed by atoms with E-state index in [2.05, 4.69) is 21.2 Å². The third-order valence-electron chi connectivity index (χ3n) is 7.55. The van der Waals surface area contributed by atoms with Crippen LogP contribution in [-0.4, -0.2) is 50.0 Å². The molecule has 0 bridgehead atoms. The number of benzene rings is 3. The minimum Gasteiger partial charge on any atom is -0.352 e. The van der Waals surface area contributed by atoms with Gasteiger partial charge in [-0.05, 0) is 54.7 Å². The largest absolute Gasteiger partial charge is 0.352 e. The van der Waals surface area contributed by atoms with E-state index in [0.717, 1.165) is 63.8 Å². The minimum atomic E-state index is -3.80. The van der Waals surface area contributed by atoms with Crippen LogP contribution in [0.1, 0.15) is 48.8 Å². The molecule has 9 heteroatoms. The summed E-state index contributed by atoms with van der Waals surface area (Å²) < 4.78 is 28.0.